The highest BCUT2D eigenvalue weighted by molar-refractivity contribution is 7.89. The molecule has 1 aliphatic heterocycles. The van der Waals surface area contributed by atoms with Crippen LogP contribution in [0.1, 0.15) is 42.1 Å². The second kappa shape index (κ2) is 10.6. The molecule has 0 aliphatic carbocycles. The summed E-state index contributed by atoms with van der Waals surface area (Å²) in [6.45, 7) is 3.78. The van der Waals surface area contributed by atoms with E-state index in [1.807, 2.05) is 24.0 Å². The van der Waals surface area contributed by atoms with Crippen molar-refractivity contribution in [1.82, 2.24) is 9.62 Å². The van der Waals surface area contributed by atoms with Gasteiger partial charge in [-0.15, -0.1) is 0 Å². The summed E-state index contributed by atoms with van der Waals surface area (Å²) < 4.78 is 32.8. The molecule has 0 spiro atoms. The zero-order valence-electron chi connectivity index (χ0n) is 18.4. The number of hydrogen-bond acceptors (Lipinski definition) is 5. The summed E-state index contributed by atoms with van der Waals surface area (Å²) in [5.74, 6) is -0.166. The molecule has 2 amide bonds. The van der Waals surface area contributed by atoms with Crippen molar-refractivity contribution in [2.45, 2.75) is 37.5 Å². The van der Waals surface area contributed by atoms with Gasteiger partial charge in [-0.05, 0) is 55.2 Å². The third-order valence-corrected chi connectivity index (χ3v) is 6.77. The lowest BCUT2D eigenvalue weighted by atomic mass is 10.1. The van der Waals surface area contributed by atoms with E-state index in [4.69, 9.17) is 4.74 Å². The van der Waals surface area contributed by atoms with Crippen LogP contribution >= 0.6 is 0 Å². The Balaban J connectivity index is 1.70. The van der Waals surface area contributed by atoms with Gasteiger partial charge in [0.25, 0.3) is 5.91 Å². The monoisotopic (exact) mass is 459 g/mol. The Morgan fingerprint density at radius 1 is 1.06 bits per heavy atom. The zero-order valence-corrected chi connectivity index (χ0v) is 19.2. The third kappa shape index (κ3) is 5.86. The number of hydrogen-bond donors (Lipinski definition) is 2. The number of anilines is 1. The topological polar surface area (TPSA) is 105 Å². The number of rotatable bonds is 9. The van der Waals surface area contributed by atoms with E-state index < -0.39 is 15.9 Å². The van der Waals surface area contributed by atoms with E-state index in [9.17, 15) is 18.0 Å². The van der Waals surface area contributed by atoms with Gasteiger partial charge < -0.3 is 15.0 Å². The fourth-order valence-corrected chi connectivity index (χ4v) is 4.83. The van der Waals surface area contributed by atoms with Crippen LogP contribution in [-0.4, -0.2) is 51.9 Å². The number of carbonyl (C=O) groups excluding carboxylic acids is 2. The lowest BCUT2D eigenvalue weighted by Gasteiger charge is -2.15. The van der Waals surface area contributed by atoms with Crippen molar-refractivity contribution >= 4 is 27.5 Å². The minimum atomic E-state index is -3.81. The Hall–Kier alpha value is -2.91. The summed E-state index contributed by atoms with van der Waals surface area (Å²) in [7, 11) is -2.43. The van der Waals surface area contributed by atoms with Crippen LogP contribution in [0.25, 0.3) is 0 Å². The lowest BCUT2D eigenvalue weighted by Crippen LogP contribution is -2.29. The van der Waals surface area contributed by atoms with Crippen molar-refractivity contribution in [2.24, 2.45) is 0 Å². The normalized spacial score (nSPS) is 13.8. The molecule has 172 valence electrons. The summed E-state index contributed by atoms with van der Waals surface area (Å²) in [5.41, 5.74) is 1.62. The average Bonchev–Trinajstić information content (AvgIpc) is 3.34. The van der Waals surface area contributed by atoms with Gasteiger partial charge in [0.1, 0.15) is 10.6 Å². The van der Waals surface area contributed by atoms with E-state index in [-0.39, 0.29) is 28.7 Å². The predicted molar refractivity (Wildman–Crippen MR) is 122 cm³/mol. The number of nitrogens with one attached hydrogen (secondary N) is 2. The quantitative estimate of drug-likeness (QED) is 0.600. The summed E-state index contributed by atoms with van der Waals surface area (Å²) in [5, 5.41) is 2.76. The molecule has 2 aromatic rings. The zero-order chi connectivity index (χ0) is 23.1. The SMILES string of the molecule is CCCNS(=O)(=O)c1cc(C(=O)Nc2ccc(CC(=O)N3CCCC3)cc2)ccc1OC. The first-order chi connectivity index (χ1) is 15.3. The van der Waals surface area contributed by atoms with Crippen LogP contribution in [0.5, 0.6) is 5.75 Å². The molecule has 1 aliphatic rings. The minimum Gasteiger partial charge on any atom is -0.495 e. The highest BCUT2D eigenvalue weighted by Crippen LogP contribution is 2.25. The summed E-state index contributed by atoms with van der Waals surface area (Å²) in [6.07, 6.45) is 3.08. The van der Waals surface area contributed by atoms with Crippen molar-refractivity contribution in [2.75, 3.05) is 32.1 Å². The van der Waals surface area contributed by atoms with E-state index in [1.54, 1.807) is 12.1 Å². The highest BCUT2D eigenvalue weighted by Gasteiger charge is 2.21. The number of methoxy groups -OCH3 is 1. The van der Waals surface area contributed by atoms with E-state index in [0.29, 0.717) is 18.5 Å². The molecule has 1 saturated heterocycles. The maximum absolute atomic E-state index is 12.7. The standard InChI is InChI=1S/C23H29N3O5S/c1-3-12-24-32(29,30)21-16-18(8-11-20(21)31-2)23(28)25-19-9-6-17(7-10-19)15-22(27)26-13-4-5-14-26/h6-11,16,24H,3-5,12-15H2,1-2H3,(H,25,28). The van der Waals surface area contributed by atoms with E-state index >= 15 is 0 Å². The number of ether oxygens (including phenoxy) is 1. The molecule has 9 heteroatoms. The second-order valence-corrected chi connectivity index (χ2v) is 9.41. The Kier molecular flexibility index (Phi) is 7.87. The van der Waals surface area contributed by atoms with Crippen molar-refractivity contribution in [3.8, 4) is 5.75 Å². The fourth-order valence-electron chi connectivity index (χ4n) is 3.50. The van der Waals surface area contributed by atoms with Crippen molar-refractivity contribution in [1.29, 1.82) is 0 Å². The van der Waals surface area contributed by atoms with Crippen molar-refractivity contribution < 1.29 is 22.7 Å². The Morgan fingerprint density at radius 2 is 1.75 bits per heavy atom. The number of likely N-dealkylation sites (tertiary alicyclic amines) is 1. The average molecular weight is 460 g/mol. The van der Waals surface area contributed by atoms with Gasteiger partial charge in [0, 0.05) is 30.9 Å². The molecule has 8 nitrogen and oxygen atoms in total. The van der Waals surface area contributed by atoms with Gasteiger partial charge in [0.05, 0.1) is 13.5 Å². The van der Waals surface area contributed by atoms with Gasteiger partial charge in [-0.25, -0.2) is 13.1 Å². The smallest absolute Gasteiger partial charge is 0.255 e. The Morgan fingerprint density at radius 3 is 2.38 bits per heavy atom. The lowest BCUT2D eigenvalue weighted by molar-refractivity contribution is -0.129. The van der Waals surface area contributed by atoms with Crippen molar-refractivity contribution in [3.63, 3.8) is 0 Å². The number of amides is 2. The van der Waals surface area contributed by atoms with Crippen LogP contribution in [0.4, 0.5) is 5.69 Å². The molecule has 0 aromatic heterocycles. The molecule has 32 heavy (non-hydrogen) atoms. The first-order valence-corrected chi connectivity index (χ1v) is 12.2. The highest BCUT2D eigenvalue weighted by atomic mass is 32.2. The van der Waals surface area contributed by atoms with Crippen LogP contribution in [-0.2, 0) is 21.2 Å². The summed E-state index contributed by atoms with van der Waals surface area (Å²) in [6, 6.07) is 11.3. The Labute approximate surface area is 189 Å². The summed E-state index contributed by atoms with van der Waals surface area (Å²) >= 11 is 0. The first-order valence-electron chi connectivity index (χ1n) is 10.7. The molecule has 1 fully saturated rings. The maximum atomic E-state index is 12.7. The third-order valence-electron chi connectivity index (χ3n) is 5.28. The molecule has 0 saturated carbocycles. The Bertz CT molecular complexity index is 1060. The molecule has 3 rings (SSSR count). The summed E-state index contributed by atoms with van der Waals surface area (Å²) in [4.78, 5) is 26.8. The first kappa shape index (κ1) is 23.7. The van der Waals surface area contributed by atoms with Crippen LogP contribution in [0.2, 0.25) is 0 Å². The molecule has 1 heterocycles. The number of sulfonamides is 1. The number of benzene rings is 2. The fraction of sp³-hybridized carbons (Fsp3) is 0.391. The van der Waals surface area contributed by atoms with Crippen LogP contribution in [0, 0.1) is 0 Å². The van der Waals surface area contributed by atoms with Gasteiger partial charge in [0.15, 0.2) is 0 Å². The van der Waals surface area contributed by atoms with Gasteiger partial charge in [-0.3, -0.25) is 9.59 Å². The molecule has 0 unspecified atom stereocenters. The van der Waals surface area contributed by atoms with Gasteiger partial charge >= 0.3 is 0 Å². The van der Waals surface area contributed by atoms with Crippen LogP contribution in [0.15, 0.2) is 47.4 Å². The number of carbonyl (C=O) groups is 2. The van der Waals surface area contributed by atoms with Crippen LogP contribution in [0.3, 0.4) is 0 Å². The maximum Gasteiger partial charge on any atom is 0.255 e. The van der Waals surface area contributed by atoms with Gasteiger partial charge in [-0.2, -0.15) is 0 Å². The second-order valence-electron chi connectivity index (χ2n) is 7.68. The van der Waals surface area contributed by atoms with E-state index in [0.717, 1.165) is 31.5 Å². The van der Waals surface area contributed by atoms with E-state index in [2.05, 4.69) is 10.0 Å². The molecule has 2 N–H and O–H groups in total. The molecule has 0 bridgehead atoms. The minimum absolute atomic E-state index is 0.0862. The molecular formula is C23H29N3O5S. The number of nitrogens with zero attached hydrogens (tertiary/aromatic N) is 1. The molecule has 2 aromatic carbocycles. The van der Waals surface area contributed by atoms with Gasteiger partial charge in [-0.1, -0.05) is 19.1 Å². The molecule has 0 radical (unpaired) electrons. The molecular weight excluding hydrogens is 430 g/mol. The predicted octanol–water partition coefficient (Wildman–Crippen LogP) is 2.80. The van der Waals surface area contributed by atoms with E-state index in [1.165, 1.54) is 25.3 Å². The van der Waals surface area contributed by atoms with Gasteiger partial charge in [0.2, 0.25) is 15.9 Å². The molecule has 0 atom stereocenters. The van der Waals surface area contributed by atoms with Crippen molar-refractivity contribution in [3.05, 3.63) is 53.6 Å². The largest absolute Gasteiger partial charge is 0.495 e. The van der Waals surface area contributed by atoms with Crippen LogP contribution < -0.4 is 14.8 Å².